The van der Waals surface area contributed by atoms with E-state index in [-0.39, 0.29) is 11.6 Å². The van der Waals surface area contributed by atoms with Crippen LogP contribution in [-0.2, 0) is 0 Å². The van der Waals surface area contributed by atoms with Gasteiger partial charge in [-0.2, -0.15) is 0 Å². The largest absolute Gasteiger partial charge is 0.476 e. The van der Waals surface area contributed by atoms with Gasteiger partial charge in [0.2, 0.25) is 0 Å². The van der Waals surface area contributed by atoms with E-state index in [9.17, 15) is 4.79 Å². The highest BCUT2D eigenvalue weighted by molar-refractivity contribution is 5.86. The van der Waals surface area contributed by atoms with E-state index in [0.29, 0.717) is 5.69 Å². The van der Waals surface area contributed by atoms with Gasteiger partial charge in [0.1, 0.15) is 5.82 Å². The fraction of sp³-hybridized carbons (Fsp3) is 0.500. The van der Waals surface area contributed by atoms with Crippen molar-refractivity contribution in [2.45, 2.75) is 26.7 Å². The lowest BCUT2D eigenvalue weighted by atomic mass is 10.2. The molecule has 12 heavy (non-hydrogen) atoms. The average Bonchev–Trinajstić information content (AvgIpc) is 2.30. The highest BCUT2D eigenvalue weighted by atomic mass is 16.4. The molecule has 4 nitrogen and oxygen atoms in total. The number of aryl methyl sites for hydroxylation is 1. The summed E-state index contributed by atoms with van der Waals surface area (Å²) in [6, 6.07) is 0. The van der Waals surface area contributed by atoms with E-state index < -0.39 is 5.97 Å². The predicted molar refractivity (Wildman–Crippen MR) is 44.4 cm³/mol. The number of hydrogen-bond donors (Lipinski definition) is 2. The molecule has 0 spiro atoms. The number of nitrogens with one attached hydrogen (secondary N) is 1. The zero-order chi connectivity index (χ0) is 9.30. The molecular weight excluding hydrogens is 156 g/mol. The van der Waals surface area contributed by atoms with Crippen molar-refractivity contribution in [2.75, 3.05) is 0 Å². The number of carboxylic acid groups (broad SMARTS) is 1. The lowest BCUT2D eigenvalue weighted by Crippen LogP contribution is -1.99. The van der Waals surface area contributed by atoms with Gasteiger partial charge in [-0.1, -0.05) is 13.8 Å². The smallest absolute Gasteiger partial charge is 0.356 e. The Bertz CT molecular complexity index is 302. The van der Waals surface area contributed by atoms with Crippen molar-refractivity contribution in [2.24, 2.45) is 0 Å². The van der Waals surface area contributed by atoms with E-state index in [0.717, 1.165) is 5.82 Å². The van der Waals surface area contributed by atoms with Crippen LogP contribution in [0.15, 0.2) is 0 Å². The minimum absolute atomic E-state index is 0.124. The highest BCUT2D eigenvalue weighted by Crippen LogP contribution is 2.12. The second-order valence-electron chi connectivity index (χ2n) is 3.06. The summed E-state index contributed by atoms with van der Waals surface area (Å²) in [7, 11) is 0. The number of H-pyrrole nitrogens is 1. The highest BCUT2D eigenvalue weighted by Gasteiger charge is 2.14. The summed E-state index contributed by atoms with van der Waals surface area (Å²) in [5.74, 6) is -0.0163. The van der Waals surface area contributed by atoms with Crippen LogP contribution in [0.2, 0.25) is 0 Å². The maximum Gasteiger partial charge on any atom is 0.356 e. The van der Waals surface area contributed by atoms with Gasteiger partial charge in [-0.3, -0.25) is 0 Å². The molecule has 0 unspecified atom stereocenters. The summed E-state index contributed by atoms with van der Waals surface area (Å²) in [4.78, 5) is 17.5. The van der Waals surface area contributed by atoms with E-state index in [1.165, 1.54) is 0 Å². The number of aromatic carboxylic acids is 1. The Balaban J connectivity index is 3.09. The van der Waals surface area contributed by atoms with Gasteiger partial charge in [-0.05, 0) is 6.92 Å². The Labute approximate surface area is 70.6 Å². The van der Waals surface area contributed by atoms with Crippen molar-refractivity contribution in [1.82, 2.24) is 9.97 Å². The summed E-state index contributed by atoms with van der Waals surface area (Å²) in [6.45, 7) is 5.64. The molecule has 1 rings (SSSR count). The van der Waals surface area contributed by atoms with Gasteiger partial charge in [0.15, 0.2) is 5.69 Å². The molecule has 2 N–H and O–H groups in total. The fourth-order valence-electron chi connectivity index (χ4n) is 0.965. The molecule has 0 atom stereocenters. The Hall–Kier alpha value is -1.32. The summed E-state index contributed by atoms with van der Waals surface area (Å²) in [6.07, 6.45) is 0. The molecular formula is C8H12N2O2. The fourth-order valence-corrected chi connectivity index (χ4v) is 0.965. The molecule has 0 radical (unpaired) electrons. The normalized spacial score (nSPS) is 10.7. The van der Waals surface area contributed by atoms with Gasteiger partial charge < -0.3 is 10.1 Å². The molecule has 4 heteroatoms. The summed E-state index contributed by atoms with van der Waals surface area (Å²) < 4.78 is 0. The molecule has 1 aromatic rings. The van der Waals surface area contributed by atoms with Crippen LogP contribution < -0.4 is 0 Å². The second kappa shape index (κ2) is 2.97. The van der Waals surface area contributed by atoms with Crippen LogP contribution in [0.5, 0.6) is 0 Å². The van der Waals surface area contributed by atoms with E-state index in [4.69, 9.17) is 5.11 Å². The van der Waals surface area contributed by atoms with Crippen LogP contribution in [0.1, 0.15) is 41.8 Å². The van der Waals surface area contributed by atoms with Gasteiger partial charge >= 0.3 is 5.97 Å². The van der Waals surface area contributed by atoms with Gasteiger partial charge in [0.05, 0.1) is 0 Å². The number of aromatic amines is 1. The Morgan fingerprint density at radius 3 is 2.42 bits per heavy atom. The molecule has 0 bridgehead atoms. The maximum atomic E-state index is 10.6. The number of carbonyl (C=O) groups is 1. The summed E-state index contributed by atoms with van der Waals surface area (Å²) >= 11 is 0. The number of rotatable bonds is 2. The van der Waals surface area contributed by atoms with Crippen LogP contribution in [0, 0.1) is 6.92 Å². The quantitative estimate of drug-likeness (QED) is 0.703. The first-order chi connectivity index (χ1) is 5.52. The zero-order valence-electron chi connectivity index (χ0n) is 7.38. The molecule has 0 fully saturated rings. The van der Waals surface area contributed by atoms with Crippen LogP contribution >= 0.6 is 0 Å². The second-order valence-corrected chi connectivity index (χ2v) is 3.06. The van der Waals surface area contributed by atoms with E-state index in [1.54, 1.807) is 6.92 Å². The third-order valence-corrected chi connectivity index (χ3v) is 1.65. The molecule has 66 valence electrons. The standard InChI is InChI=1S/C8H12N2O2/c1-4(2)7-9-5(3)6(10-7)8(11)12/h4H,1-3H3,(H,9,10)(H,11,12). The topological polar surface area (TPSA) is 66.0 Å². The number of carboxylic acids is 1. The Kier molecular flexibility index (Phi) is 2.17. The van der Waals surface area contributed by atoms with Crippen molar-refractivity contribution < 1.29 is 9.90 Å². The first-order valence-electron chi connectivity index (χ1n) is 3.82. The third-order valence-electron chi connectivity index (χ3n) is 1.65. The zero-order valence-corrected chi connectivity index (χ0v) is 7.38. The molecule has 1 heterocycles. The van der Waals surface area contributed by atoms with Crippen molar-refractivity contribution in [3.05, 3.63) is 17.2 Å². The lowest BCUT2D eigenvalue weighted by Gasteiger charge is -1.95. The van der Waals surface area contributed by atoms with Crippen molar-refractivity contribution in [1.29, 1.82) is 0 Å². The van der Waals surface area contributed by atoms with Crippen LogP contribution in [0.4, 0.5) is 0 Å². The average molecular weight is 168 g/mol. The first-order valence-corrected chi connectivity index (χ1v) is 3.82. The SMILES string of the molecule is Cc1[nH]c(C(C)C)nc1C(=O)O. The first kappa shape index (κ1) is 8.77. The molecule has 0 aromatic carbocycles. The number of hydrogen-bond acceptors (Lipinski definition) is 2. The Morgan fingerprint density at radius 2 is 2.17 bits per heavy atom. The van der Waals surface area contributed by atoms with Crippen molar-refractivity contribution in [3.8, 4) is 0 Å². The number of imidazole rings is 1. The van der Waals surface area contributed by atoms with Gasteiger partial charge in [-0.15, -0.1) is 0 Å². The van der Waals surface area contributed by atoms with Crippen LogP contribution in [0.3, 0.4) is 0 Å². The number of nitrogens with zero attached hydrogens (tertiary/aromatic N) is 1. The minimum atomic E-state index is -0.976. The van der Waals surface area contributed by atoms with Gasteiger partial charge in [-0.25, -0.2) is 9.78 Å². The molecule has 0 aliphatic carbocycles. The van der Waals surface area contributed by atoms with Crippen LogP contribution in [0.25, 0.3) is 0 Å². The van der Waals surface area contributed by atoms with E-state index in [1.807, 2.05) is 13.8 Å². The van der Waals surface area contributed by atoms with Crippen LogP contribution in [-0.4, -0.2) is 21.0 Å². The molecule has 1 aromatic heterocycles. The predicted octanol–water partition coefficient (Wildman–Crippen LogP) is 1.54. The molecule has 0 saturated carbocycles. The van der Waals surface area contributed by atoms with Crippen molar-refractivity contribution >= 4 is 5.97 Å². The maximum absolute atomic E-state index is 10.6. The monoisotopic (exact) mass is 168 g/mol. The molecule has 0 aliphatic rings. The molecule has 0 saturated heterocycles. The third kappa shape index (κ3) is 1.47. The molecule has 0 aliphatic heterocycles. The lowest BCUT2D eigenvalue weighted by molar-refractivity contribution is 0.0690. The summed E-state index contributed by atoms with van der Waals surface area (Å²) in [5.41, 5.74) is 0.741. The summed E-state index contributed by atoms with van der Waals surface area (Å²) in [5, 5.41) is 8.68. The van der Waals surface area contributed by atoms with E-state index >= 15 is 0 Å². The Morgan fingerprint density at radius 1 is 1.58 bits per heavy atom. The van der Waals surface area contributed by atoms with Gasteiger partial charge in [0, 0.05) is 11.6 Å². The molecule has 0 amide bonds. The van der Waals surface area contributed by atoms with Gasteiger partial charge in [0.25, 0.3) is 0 Å². The van der Waals surface area contributed by atoms with Crippen molar-refractivity contribution in [3.63, 3.8) is 0 Å². The van der Waals surface area contributed by atoms with E-state index in [2.05, 4.69) is 9.97 Å². The number of aromatic nitrogens is 2. The minimum Gasteiger partial charge on any atom is -0.476 e.